The van der Waals surface area contributed by atoms with Gasteiger partial charge in [-0.25, -0.2) is 0 Å². The van der Waals surface area contributed by atoms with Crippen LogP contribution in [0.25, 0.3) is 5.57 Å². The molecule has 0 bridgehead atoms. The second kappa shape index (κ2) is 10.5. The molecule has 0 amide bonds. The highest BCUT2D eigenvalue weighted by Gasteiger charge is 2.40. The van der Waals surface area contributed by atoms with Crippen LogP contribution in [0.2, 0.25) is 18.1 Å². The van der Waals surface area contributed by atoms with Gasteiger partial charge in [0.2, 0.25) is 0 Å². The van der Waals surface area contributed by atoms with Crippen molar-refractivity contribution >= 4 is 13.9 Å². The zero-order valence-corrected chi connectivity index (χ0v) is 21.1. The van der Waals surface area contributed by atoms with Crippen molar-refractivity contribution < 1.29 is 13.6 Å². The average molecular weight is 421 g/mol. The molecule has 1 aromatic heterocycles. The lowest BCUT2D eigenvalue weighted by Crippen LogP contribution is -2.44. The lowest BCUT2D eigenvalue weighted by Gasteiger charge is -2.40. The Bertz CT molecular complexity index is 627. The summed E-state index contributed by atoms with van der Waals surface area (Å²) < 4.78 is 18.9. The lowest BCUT2D eigenvalue weighted by molar-refractivity contribution is -0.00372. The molecule has 4 atom stereocenters. The lowest BCUT2D eigenvalue weighted by atomic mass is 9.94. The van der Waals surface area contributed by atoms with Crippen LogP contribution in [0.3, 0.4) is 0 Å². The molecule has 1 aliphatic heterocycles. The van der Waals surface area contributed by atoms with Gasteiger partial charge in [0.05, 0.1) is 18.5 Å². The summed E-state index contributed by atoms with van der Waals surface area (Å²) in [5.74, 6) is 1.40. The van der Waals surface area contributed by atoms with Gasteiger partial charge in [-0.05, 0) is 74.9 Å². The van der Waals surface area contributed by atoms with Crippen molar-refractivity contribution in [2.45, 2.75) is 117 Å². The van der Waals surface area contributed by atoms with Crippen LogP contribution in [0.1, 0.15) is 85.8 Å². The van der Waals surface area contributed by atoms with E-state index in [2.05, 4.69) is 60.7 Å². The molecule has 29 heavy (non-hydrogen) atoms. The van der Waals surface area contributed by atoms with Crippen molar-refractivity contribution in [3.8, 4) is 0 Å². The maximum absolute atomic E-state index is 6.77. The van der Waals surface area contributed by atoms with E-state index in [9.17, 15) is 0 Å². The molecular weight excluding hydrogens is 376 g/mol. The van der Waals surface area contributed by atoms with E-state index in [1.54, 1.807) is 6.26 Å². The standard InChI is InChI=1S/C25H44O3Si/c1-9-12-22(28-29(7,8)25(4,5)6)18-21-14-15-24(27-21)20(10-2)17-19(3)23-13-11-16-26-23/h11,13,16-17,20-22,24H,9-10,12,14-15,18H2,1-8H3/b19-17+/t20-,21-,22-,24+/m0/s1. The Kier molecular flexibility index (Phi) is 8.81. The molecule has 1 aliphatic rings. The van der Waals surface area contributed by atoms with Crippen LogP contribution in [-0.4, -0.2) is 26.6 Å². The molecule has 0 radical (unpaired) electrons. The number of hydrogen-bond donors (Lipinski definition) is 0. The Morgan fingerprint density at radius 3 is 2.55 bits per heavy atom. The first-order valence-corrected chi connectivity index (χ1v) is 14.5. The van der Waals surface area contributed by atoms with Gasteiger partial charge in [-0.1, -0.05) is 47.1 Å². The SMILES string of the molecule is CCC[C@@H](C[C@@H]1CC[C@H]([C@H](/C=C(\C)c2ccco2)CC)O1)O[Si](C)(C)C(C)(C)C. The van der Waals surface area contributed by atoms with Crippen molar-refractivity contribution in [3.63, 3.8) is 0 Å². The summed E-state index contributed by atoms with van der Waals surface area (Å²) in [6.07, 6.45) is 11.8. The van der Waals surface area contributed by atoms with Gasteiger partial charge in [0.25, 0.3) is 0 Å². The maximum Gasteiger partial charge on any atom is 0.192 e. The summed E-state index contributed by atoms with van der Waals surface area (Å²) in [5.41, 5.74) is 1.21. The number of hydrogen-bond acceptors (Lipinski definition) is 3. The minimum Gasteiger partial charge on any atom is -0.465 e. The second-order valence-corrected chi connectivity index (χ2v) is 15.1. The highest BCUT2D eigenvalue weighted by Crippen LogP contribution is 2.39. The third kappa shape index (κ3) is 6.83. The van der Waals surface area contributed by atoms with Gasteiger partial charge in [0, 0.05) is 12.0 Å². The minimum atomic E-state index is -1.75. The van der Waals surface area contributed by atoms with E-state index in [0.29, 0.717) is 24.2 Å². The Labute approximate surface area is 180 Å². The first-order chi connectivity index (χ1) is 13.6. The predicted octanol–water partition coefficient (Wildman–Crippen LogP) is 7.84. The van der Waals surface area contributed by atoms with Gasteiger partial charge in [-0.2, -0.15) is 0 Å². The highest BCUT2D eigenvalue weighted by molar-refractivity contribution is 6.74. The molecule has 0 N–H and O–H groups in total. The van der Waals surface area contributed by atoms with Crippen molar-refractivity contribution in [3.05, 3.63) is 30.2 Å². The van der Waals surface area contributed by atoms with Gasteiger partial charge in [0.1, 0.15) is 5.76 Å². The Morgan fingerprint density at radius 2 is 2.00 bits per heavy atom. The monoisotopic (exact) mass is 420 g/mol. The minimum absolute atomic E-state index is 0.250. The van der Waals surface area contributed by atoms with Crippen molar-refractivity contribution in [1.82, 2.24) is 0 Å². The molecule has 0 aliphatic carbocycles. The average Bonchev–Trinajstić information content (AvgIpc) is 3.30. The zero-order valence-electron chi connectivity index (χ0n) is 20.1. The molecule has 0 spiro atoms. The molecule has 2 heterocycles. The van der Waals surface area contributed by atoms with E-state index in [-0.39, 0.29) is 5.04 Å². The topological polar surface area (TPSA) is 31.6 Å². The Hall–Kier alpha value is -0.843. The van der Waals surface area contributed by atoms with Gasteiger partial charge < -0.3 is 13.6 Å². The van der Waals surface area contributed by atoms with Crippen molar-refractivity contribution in [1.29, 1.82) is 0 Å². The smallest absolute Gasteiger partial charge is 0.192 e. The summed E-state index contributed by atoms with van der Waals surface area (Å²) in [5, 5.41) is 0.250. The molecule has 1 aromatic rings. The summed E-state index contributed by atoms with van der Waals surface area (Å²) >= 11 is 0. The second-order valence-electron chi connectivity index (χ2n) is 10.3. The number of ether oxygens (including phenoxy) is 1. The quantitative estimate of drug-likeness (QED) is 0.361. The summed E-state index contributed by atoms with van der Waals surface area (Å²) in [7, 11) is -1.75. The summed E-state index contributed by atoms with van der Waals surface area (Å²) in [4.78, 5) is 0. The molecule has 1 saturated heterocycles. The van der Waals surface area contributed by atoms with Crippen molar-refractivity contribution in [2.24, 2.45) is 5.92 Å². The van der Waals surface area contributed by atoms with E-state index in [4.69, 9.17) is 13.6 Å². The van der Waals surface area contributed by atoms with E-state index in [1.165, 1.54) is 5.57 Å². The number of allylic oxidation sites excluding steroid dienone is 1. The van der Waals surface area contributed by atoms with E-state index in [0.717, 1.165) is 44.3 Å². The van der Waals surface area contributed by atoms with Crippen LogP contribution < -0.4 is 0 Å². The van der Waals surface area contributed by atoms with Crippen LogP contribution >= 0.6 is 0 Å². The molecule has 0 aromatic carbocycles. The third-order valence-electron chi connectivity index (χ3n) is 6.87. The first-order valence-electron chi connectivity index (χ1n) is 11.6. The fourth-order valence-electron chi connectivity index (χ4n) is 4.05. The molecular formula is C25H44O3Si. The number of rotatable bonds is 10. The van der Waals surface area contributed by atoms with E-state index < -0.39 is 8.32 Å². The predicted molar refractivity (Wildman–Crippen MR) is 126 cm³/mol. The maximum atomic E-state index is 6.77. The van der Waals surface area contributed by atoms with Crippen LogP contribution in [-0.2, 0) is 9.16 Å². The third-order valence-corrected chi connectivity index (χ3v) is 11.4. The van der Waals surface area contributed by atoms with E-state index >= 15 is 0 Å². The molecule has 1 fully saturated rings. The van der Waals surface area contributed by atoms with Gasteiger partial charge in [0.15, 0.2) is 8.32 Å². The fourth-order valence-corrected chi connectivity index (χ4v) is 5.45. The van der Waals surface area contributed by atoms with Crippen LogP contribution in [0.15, 0.2) is 28.9 Å². The van der Waals surface area contributed by atoms with Crippen LogP contribution in [0, 0.1) is 5.92 Å². The molecule has 2 rings (SSSR count). The van der Waals surface area contributed by atoms with Crippen LogP contribution in [0.4, 0.5) is 0 Å². The summed E-state index contributed by atoms with van der Waals surface area (Å²) in [6, 6.07) is 3.98. The molecule has 3 nitrogen and oxygen atoms in total. The molecule has 0 unspecified atom stereocenters. The van der Waals surface area contributed by atoms with Gasteiger partial charge >= 0.3 is 0 Å². The van der Waals surface area contributed by atoms with E-state index in [1.807, 2.05) is 12.1 Å². The molecule has 4 heteroatoms. The normalized spacial score (nSPS) is 23.4. The van der Waals surface area contributed by atoms with Crippen LogP contribution in [0.5, 0.6) is 0 Å². The molecule has 0 saturated carbocycles. The van der Waals surface area contributed by atoms with Crippen molar-refractivity contribution in [2.75, 3.05) is 0 Å². The van der Waals surface area contributed by atoms with Gasteiger partial charge in [-0.3, -0.25) is 0 Å². The summed E-state index contributed by atoms with van der Waals surface area (Å²) in [6.45, 7) is 18.4. The zero-order chi connectivity index (χ0) is 21.7. The largest absolute Gasteiger partial charge is 0.465 e. The first kappa shape index (κ1) is 24.4. The Balaban J connectivity index is 1.98. The molecule has 166 valence electrons. The fraction of sp³-hybridized carbons (Fsp3) is 0.760. The number of furan rings is 1. The highest BCUT2D eigenvalue weighted by atomic mass is 28.4. The Morgan fingerprint density at radius 1 is 1.28 bits per heavy atom. The van der Waals surface area contributed by atoms with Gasteiger partial charge in [-0.15, -0.1) is 0 Å².